The zero-order chi connectivity index (χ0) is 25.4. The average Bonchev–Trinajstić information content (AvgIpc) is 2.84. The molecule has 0 amide bonds. The molecule has 1 aliphatic rings. The topological polar surface area (TPSA) is 190 Å². The fourth-order valence-electron chi connectivity index (χ4n) is 3.79. The molecule has 4 rings (SSSR count). The molecule has 1 aliphatic heterocycles. The molecule has 12 nitrogen and oxygen atoms in total. The van der Waals surface area contributed by atoms with Crippen molar-refractivity contribution in [3.8, 4) is 45.8 Å². The maximum atomic E-state index is 10.4. The molecule has 3 aromatic rings. The molecule has 1 unspecified atom stereocenters. The van der Waals surface area contributed by atoms with Crippen molar-refractivity contribution in [2.45, 2.75) is 30.7 Å². The van der Waals surface area contributed by atoms with Crippen LogP contribution in [0.3, 0.4) is 0 Å². The molecule has 2 heterocycles. The van der Waals surface area contributed by atoms with E-state index in [1.54, 1.807) is 0 Å². The summed E-state index contributed by atoms with van der Waals surface area (Å²) in [5.74, 6) is -0.928. The predicted molar refractivity (Wildman–Crippen MR) is 119 cm³/mol. The van der Waals surface area contributed by atoms with Crippen molar-refractivity contribution in [3.05, 3.63) is 30.3 Å². The summed E-state index contributed by atoms with van der Waals surface area (Å²) < 4.78 is 27.5. The van der Waals surface area contributed by atoms with Crippen LogP contribution in [0.5, 0.6) is 34.5 Å². The molecule has 1 fully saturated rings. The SMILES string of the molecule is COc1cc(-c2[o+]c3cc(O)cc(O)c3cc2OC2O[C@H](CO)[C@H](O)[C@@H](O)[C@H]2O)cc(OC)c1O. The summed E-state index contributed by atoms with van der Waals surface area (Å²) in [4.78, 5) is 0. The van der Waals surface area contributed by atoms with E-state index in [1.807, 2.05) is 0 Å². The summed E-state index contributed by atoms with van der Waals surface area (Å²) in [7, 11) is 2.66. The summed E-state index contributed by atoms with van der Waals surface area (Å²) in [6, 6.07) is 6.50. The molecule has 1 aromatic heterocycles. The van der Waals surface area contributed by atoms with Crippen molar-refractivity contribution >= 4 is 11.0 Å². The Morgan fingerprint density at radius 3 is 2.11 bits per heavy atom. The summed E-state index contributed by atoms with van der Waals surface area (Å²) in [5.41, 5.74) is 0.325. The highest BCUT2D eigenvalue weighted by molar-refractivity contribution is 5.88. The van der Waals surface area contributed by atoms with Gasteiger partial charge in [-0.05, 0) is 0 Å². The Morgan fingerprint density at radius 1 is 0.857 bits per heavy atom. The molecule has 35 heavy (non-hydrogen) atoms. The number of phenols is 3. The van der Waals surface area contributed by atoms with Crippen molar-refractivity contribution in [2.24, 2.45) is 0 Å². The second-order valence-electron chi connectivity index (χ2n) is 7.86. The third-order valence-corrected chi connectivity index (χ3v) is 5.65. The Morgan fingerprint density at radius 2 is 1.51 bits per heavy atom. The minimum absolute atomic E-state index is 0.0175. The van der Waals surface area contributed by atoms with Gasteiger partial charge in [-0.15, -0.1) is 0 Å². The largest absolute Gasteiger partial charge is 0.507 e. The first-order valence-electron chi connectivity index (χ1n) is 10.4. The van der Waals surface area contributed by atoms with E-state index in [9.17, 15) is 35.7 Å². The minimum Gasteiger partial charge on any atom is -0.507 e. The van der Waals surface area contributed by atoms with E-state index in [2.05, 4.69) is 0 Å². The molecule has 188 valence electrons. The second kappa shape index (κ2) is 9.60. The summed E-state index contributed by atoms with van der Waals surface area (Å²) in [6.45, 7) is -0.661. The highest BCUT2D eigenvalue weighted by Crippen LogP contribution is 2.45. The van der Waals surface area contributed by atoms with Crippen LogP contribution in [-0.2, 0) is 4.74 Å². The number of rotatable bonds is 6. The van der Waals surface area contributed by atoms with Gasteiger partial charge in [0.2, 0.25) is 17.8 Å². The van der Waals surface area contributed by atoms with Gasteiger partial charge < -0.3 is 54.7 Å². The molecular weight excluding hydrogens is 468 g/mol. The highest BCUT2D eigenvalue weighted by atomic mass is 16.7. The van der Waals surface area contributed by atoms with Crippen LogP contribution in [0.15, 0.2) is 34.7 Å². The zero-order valence-corrected chi connectivity index (χ0v) is 18.7. The van der Waals surface area contributed by atoms with Crippen LogP contribution < -0.4 is 14.2 Å². The zero-order valence-electron chi connectivity index (χ0n) is 18.7. The Bertz CT molecular complexity index is 1200. The Balaban J connectivity index is 1.89. The molecule has 2 aromatic carbocycles. The van der Waals surface area contributed by atoms with Gasteiger partial charge in [-0.3, -0.25) is 0 Å². The van der Waals surface area contributed by atoms with Gasteiger partial charge in [0.25, 0.3) is 0 Å². The molecule has 1 saturated heterocycles. The van der Waals surface area contributed by atoms with Gasteiger partial charge in [-0.25, -0.2) is 4.42 Å². The first-order chi connectivity index (χ1) is 16.7. The van der Waals surface area contributed by atoms with E-state index < -0.39 is 37.3 Å². The number of fused-ring (bicyclic) bond motifs is 1. The van der Waals surface area contributed by atoms with E-state index in [-0.39, 0.29) is 56.8 Å². The summed E-state index contributed by atoms with van der Waals surface area (Å²) >= 11 is 0. The van der Waals surface area contributed by atoms with Crippen LogP contribution in [0.1, 0.15) is 0 Å². The molecular formula is C23H25O12+. The van der Waals surface area contributed by atoms with E-state index in [1.165, 1.54) is 38.5 Å². The number of phenolic OH excluding ortho intramolecular Hbond substituents is 3. The predicted octanol–water partition coefficient (Wildman–Crippen LogP) is 0.694. The Hall–Kier alpha value is -3.55. The number of hydrogen-bond acceptors (Lipinski definition) is 11. The van der Waals surface area contributed by atoms with E-state index in [0.29, 0.717) is 0 Å². The van der Waals surface area contributed by atoms with Crippen molar-refractivity contribution in [1.82, 2.24) is 0 Å². The fourth-order valence-corrected chi connectivity index (χ4v) is 3.79. The molecule has 0 radical (unpaired) electrons. The van der Waals surface area contributed by atoms with E-state index >= 15 is 0 Å². The van der Waals surface area contributed by atoms with Crippen molar-refractivity contribution in [1.29, 1.82) is 0 Å². The average molecular weight is 493 g/mol. The number of aliphatic hydroxyl groups excluding tert-OH is 4. The molecule has 0 saturated carbocycles. The lowest BCUT2D eigenvalue weighted by Gasteiger charge is -2.39. The summed E-state index contributed by atoms with van der Waals surface area (Å²) in [5, 5.41) is 70.7. The number of ether oxygens (including phenoxy) is 4. The van der Waals surface area contributed by atoms with Crippen LogP contribution in [0.2, 0.25) is 0 Å². The first kappa shape index (κ1) is 24.6. The van der Waals surface area contributed by atoms with Crippen LogP contribution >= 0.6 is 0 Å². The summed E-state index contributed by atoms with van der Waals surface area (Å²) in [6.07, 6.45) is -7.77. The minimum atomic E-state index is -1.71. The Labute approximate surface area is 198 Å². The van der Waals surface area contributed by atoms with Crippen molar-refractivity contribution in [2.75, 3.05) is 20.8 Å². The quantitative estimate of drug-likeness (QED) is 0.238. The van der Waals surface area contributed by atoms with E-state index in [4.69, 9.17) is 23.4 Å². The standard InChI is InChI=1S/C23H24O12/c1-31-14-3-9(4-15(32-2)18(14)27)22-16(7-11-12(26)5-10(25)6-13(11)33-22)34-23-21(30)20(29)19(28)17(8-24)35-23/h3-7,17,19-21,23-24,28-30H,8H2,1-2H3,(H2-,25,26,27)/p+1/t17-,19+,20-,21-,23?/m1/s1. The number of aliphatic hydroxyl groups is 4. The number of benzene rings is 2. The van der Waals surface area contributed by atoms with Crippen LogP contribution in [0.4, 0.5) is 0 Å². The fraction of sp³-hybridized carbons (Fsp3) is 0.348. The molecule has 0 bridgehead atoms. The monoisotopic (exact) mass is 493 g/mol. The normalized spacial score (nSPS) is 24.3. The molecule has 5 atom stereocenters. The van der Waals surface area contributed by atoms with E-state index in [0.717, 1.165) is 6.07 Å². The third kappa shape index (κ3) is 4.45. The van der Waals surface area contributed by atoms with Gasteiger partial charge in [-0.1, -0.05) is 0 Å². The number of hydrogen-bond donors (Lipinski definition) is 7. The van der Waals surface area contributed by atoms with Crippen LogP contribution in [-0.4, -0.2) is 87.3 Å². The van der Waals surface area contributed by atoms with Gasteiger partial charge in [0.05, 0.1) is 32.5 Å². The Kier molecular flexibility index (Phi) is 6.74. The lowest BCUT2D eigenvalue weighted by atomic mass is 9.99. The van der Waals surface area contributed by atoms with Gasteiger partial charge in [0.15, 0.2) is 11.5 Å². The van der Waals surface area contributed by atoms with Crippen LogP contribution in [0, 0.1) is 0 Å². The van der Waals surface area contributed by atoms with Gasteiger partial charge >= 0.3 is 11.3 Å². The highest BCUT2D eigenvalue weighted by Gasteiger charge is 2.45. The maximum Gasteiger partial charge on any atom is 0.402 e. The third-order valence-electron chi connectivity index (χ3n) is 5.65. The first-order valence-corrected chi connectivity index (χ1v) is 10.4. The molecule has 0 spiro atoms. The maximum absolute atomic E-state index is 10.4. The van der Waals surface area contributed by atoms with Gasteiger partial charge in [-0.2, -0.15) is 0 Å². The smallest absolute Gasteiger partial charge is 0.402 e. The molecule has 7 N–H and O–H groups in total. The lowest BCUT2D eigenvalue weighted by Crippen LogP contribution is -2.60. The molecule has 12 heteroatoms. The molecule has 0 aliphatic carbocycles. The lowest BCUT2D eigenvalue weighted by molar-refractivity contribution is -0.277. The van der Waals surface area contributed by atoms with Crippen molar-refractivity contribution < 1.29 is 59.1 Å². The second-order valence-corrected chi connectivity index (χ2v) is 7.86. The van der Waals surface area contributed by atoms with Gasteiger partial charge in [0, 0.05) is 24.3 Å². The number of aromatic hydroxyl groups is 3. The number of methoxy groups -OCH3 is 2. The van der Waals surface area contributed by atoms with Gasteiger partial charge in [0.1, 0.15) is 41.3 Å². The van der Waals surface area contributed by atoms with Crippen LogP contribution in [0.25, 0.3) is 22.3 Å². The van der Waals surface area contributed by atoms with Crippen molar-refractivity contribution in [3.63, 3.8) is 0 Å².